The highest BCUT2D eigenvalue weighted by atomic mass is 16.8. The van der Waals surface area contributed by atoms with E-state index in [0.717, 1.165) is 31.3 Å². The first-order valence-corrected chi connectivity index (χ1v) is 11.6. The van der Waals surface area contributed by atoms with E-state index in [0.29, 0.717) is 18.4 Å². The largest absolute Gasteiger partial charge is 0.426 e. The summed E-state index contributed by atoms with van der Waals surface area (Å²) in [5.41, 5.74) is 3.81. The van der Waals surface area contributed by atoms with Gasteiger partial charge >= 0.3 is 5.97 Å². The van der Waals surface area contributed by atoms with E-state index in [-0.39, 0.29) is 29.0 Å². The SMILES string of the molecule is CC(=O)O[C@@]12O[C@@H]1[C@H](C(C)C)[C@@]1(C)CC[C@]3(C)CC[C@H]4OC(C)(C)OCC4=C3C=C21. The Morgan fingerprint density at radius 2 is 1.87 bits per heavy atom. The summed E-state index contributed by atoms with van der Waals surface area (Å²) in [6, 6.07) is 0. The van der Waals surface area contributed by atoms with Crippen molar-refractivity contribution >= 4 is 5.97 Å². The average Bonchev–Trinajstić information content (AvgIpc) is 3.28. The van der Waals surface area contributed by atoms with Gasteiger partial charge < -0.3 is 18.9 Å². The number of carbonyl (C=O) groups is 1. The molecule has 0 amide bonds. The highest BCUT2D eigenvalue weighted by Crippen LogP contribution is 2.71. The molecule has 5 nitrogen and oxygen atoms in total. The zero-order chi connectivity index (χ0) is 21.7. The summed E-state index contributed by atoms with van der Waals surface area (Å²) in [5.74, 6) is -0.914. The molecule has 2 aliphatic heterocycles. The van der Waals surface area contributed by atoms with Gasteiger partial charge in [-0.25, -0.2) is 0 Å². The Morgan fingerprint density at radius 3 is 2.53 bits per heavy atom. The van der Waals surface area contributed by atoms with Crippen molar-refractivity contribution in [2.24, 2.45) is 22.7 Å². The average molecular weight is 417 g/mol. The number of esters is 1. The fourth-order valence-corrected chi connectivity index (χ4v) is 7.05. The van der Waals surface area contributed by atoms with Crippen LogP contribution in [0, 0.1) is 22.7 Å². The van der Waals surface area contributed by atoms with Crippen molar-refractivity contribution in [3.63, 3.8) is 0 Å². The molecule has 5 rings (SSSR count). The molecule has 0 bridgehead atoms. The maximum absolute atomic E-state index is 12.0. The highest BCUT2D eigenvalue weighted by Gasteiger charge is 2.78. The molecule has 1 saturated carbocycles. The van der Waals surface area contributed by atoms with E-state index < -0.39 is 11.6 Å². The van der Waals surface area contributed by atoms with E-state index in [1.165, 1.54) is 18.1 Å². The van der Waals surface area contributed by atoms with Crippen LogP contribution in [0.5, 0.6) is 0 Å². The lowest BCUT2D eigenvalue weighted by molar-refractivity contribution is -0.255. The lowest BCUT2D eigenvalue weighted by atomic mass is 9.65. The summed E-state index contributed by atoms with van der Waals surface area (Å²) in [6.45, 7) is 15.4. The fraction of sp³-hybridized carbons (Fsp3) is 0.800. The molecule has 5 aliphatic rings. The van der Waals surface area contributed by atoms with Crippen molar-refractivity contribution in [3.8, 4) is 0 Å². The van der Waals surface area contributed by atoms with Gasteiger partial charge in [-0.2, -0.15) is 0 Å². The highest BCUT2D eigenvalue weighted by molar-refractivity contribution is 5.68. The summed E-state index contributed by atoms with van der Waals surface area (Å²) in [7, 11) is 0. The number of fused-ring (bicyclic) bond motifs is 5. The van der Waals surface area contributed by atoms with Gasteiger partial charge in [0.15, 0.2) is 5.79 Å². The minimum Gasteiger partial charge on any atom is -0.426 e. The smallest absolute Gasteiger partial charge is 0.305 e. The van der Waals surface area contributed by atoms with Gasteiger partial charge in [0.05, 0.1) is 12.7 Å². The molecule has 0 aromatic rings. The first kappa shape index (κ1) is 20.7. The Labute approximate surface area is 180 Å². The van der Waals surface area contributed by atoms with Crippen LogP contribution < -0.4 is 0 Å². The van der Waals surface area contributed by atoms with Crippen molar-refractivity contribution in [1.82, 2.24) is 0 Å². The van der Waals surface area contributed by atoms with E-state index in [9.17, 15) is 4.79 Å². The number of epoxide rings is 1. The third kappa shape index (κ3) is 2.74. The van der Waals surface area contributed by atoms with Crippen LogP contribution in [0.2, 0.25) is 0 Å². The molecule has 0 aromatic carbocycles. The molecule has 166 valence electrons. The van der Waals surface area contributed by atoms with Crippen LogP contribution in [0.3, 0.4) is 0 Å². The zero-order valence-corrected chi connectivity index (χ0v) is 19.5. The van der Waals surface area contributed by atoms with Gasteiger partial charge in [0.25, 0.3) is 5.79 Å². The molecule has 0 radical (unpaired) electrons. The van der Waals surface area contributed by atoms with Gasteiger partial charge in [0, 0.05) is 23.8 Å². The van der Waals surface area contributed by atoms with Gasteiger partial charge in [-0.1, -0.05) is 33.8 Å². The van der Waals surface area contributed by atoms with E-state index in [1.54, 1.807) is 0 Å². The summed E-state index contributed by atoms with van der Waals surface area (Å²) < 4.78 is 24.5. The molecular weight excluding hydrogens is 380 g/mol. The molecule has 30 heavy (non-hydrogen) atoms. The molecular formula is C25H36O5. The van der Waals surface area contributed by atoms with Gasteiger partial charge in [-0.05, 0) is 62.0 Å². The molecule has 3 fully saturated rings. The standard InChI is InChI=1S/C25H36O5/c1-14(2)20-21-25(30-21,28-15(3)26)19-12-17-16-13-27-22(4,5)29-18(16)8-9-23(17,6)10-11-24(19,20)7/h12,14,18,20-21H,8-11,13H2,1-7H3/t18-,20+,21-,23+,24+,25+/m1/s1. The Hall–Kier alpha value is -1.17. The van der Waals surface area contributed by atoms with Gasteiger partial charge in [-0.15, -0.1) is 0 Å². The van der Waals surface area contributed by atoms with Crippen LogP contribution in [-0.2, 0) is 23.7 Å². The monoisotopic (exact) mass is 416 g/mol. The van der Waals surface area contributed by atoms with Crippen molar-refractivity contribution in [2.45, 2.75) is 97.9 Å². The molecule has 0 aromatic heterocycles. The molecule has 0 spiro atoms. The number of ether oxygens (including phenoxy) is 4. The van der Waals surface area contributed by atoms with E-state index >= 15 is 0 Å². The lowest BCUT2D eigenvalue weighted by Gasteiger charge is -2.46. The van der Waals surface area contributed by atoms with Crippen molar-refractivity contribution in [3.05, 3.63) is 22.8 Å². The van der Waals surface area contributed by atoms with Crippen LogP contribution >= 0.6 is 0 Å². The number of rotatable bonds is 2. The Balaban J connectivity index is 1.67. The lowest BCUT2D eigenvalue weighted by Crippen LogP contribution is -2.45. The summed E-state index contributed by atoms with van der Waals surface area (Å²) in [6.07, 6.45) is 6.73. The normalized spacial score (nSPS) is 46.3. The minimum absolute atomic E-state index is 0.0361. The third-order valence-electron chi connectivity index (χ3n) is 8.51. The van der Waals surface area contributed by atoms with Crippen molar-refractivity contribution in [1.29, 1.82) is 0 Å². The topological polar surface area (TPSA) is 57.3 Å². The second-order valence-corrected chi connectivity index (χ2v) is 11.4. The Morgan fingerprint density at radius 1 is 1.13 bits per heavy atom. The summed E-state index contributed by atoms with van der Waals surface area (Å²) in [5, 5.41) is 0. The molecule has 6 atom stereocenters. The van der Waals surface area contributed by atoms with Gasteiger partial charge in [0.2, 0.25) is 0 Å². The number of carbonyl (C=O) groups excluding carboxylic acids is 1. The summed E-state index contributed by atoms with van der Waals surface area (Å²) >= 11 is 0. The molecule has 5 heteroatoms. The maximum Gasteiger partial charge on any atom is 0.305 e. The van der Waals surface area contributed by atoms with Crippen LogP contribution in [0.15, 0.2) is 22.8 Å². The number of hydrogen-bond acceptors (Lipinski definition) is 5. The van der Waals surface area contributed by atoms with E-state index in [1.807, 2.05) is 13.8 Å². The minimum atomic E-state index is -0.878. The molecule has 3 aliphatic carbocycles. The molecule has 0 N–H and O–H groups in total. The first-order chi connectivity index (χ1) is 13.9. The number of hydrogen-bond donors (Lipinski definition) is 0. The second kappa shape index (κ2) is 6.20. The second-order valence-electron chi connectivity index (χ2n) is 11.4. The van der Waals surface area contributed by atoms with Crippen LogP contribution in [0.1, 0.15) is 74.1 Å². The Bertz CT molecular complexity index is 854. The van der Waals surface area contributed by atoms with Crippen molar-refractivity contribution in [2.75, 3.05) is 6.61 Å². The van der Waals surface area contributed by atoms with Gasteiger partial charge in [0.1, 0.15) is 6.10 Å². The zero-order valence-electron chi connectivity index (χ0n) is 19.5. The third-order valence-corrected chi connectivity index (χ3v) is 8.51. The first-order valence-electron chi connectivity index (χ1n) is 11.6. The molecule has 2 heterocycles. The van der Waals surface area contributed by atoms with Crippen LogP contribution in [-0.4, -0.2) is 36.4 Å². The quantitative estimate of drug-likeness (QED) is 0.473. The fourth-order valence-electron chi connectivity index (χ4n) is 7.05. The number of allylic oxidation sites excluding steroid dienone is 2. The maximum atomic E-state index is 12.0. The molecule has 2 saturated heterocycles. The summed E-state index contributed by atoms with van der Waals surface area (Å²) in [4.78, 5) is 12.0. The van der Waals surface area contributed by atoms with Crippen LogP contribution in [0.25, 0.3) is 0 Å². The van der Waals surface area contributed by atoms with Gasteiger partial charge in [-0.3, -0.25) is 4.79 Å². The van der Waals surface area contributed by atoms with E-state index in [4.69, 9.17) is 18.9 Å². The van der Waals surface area contributed by atoms with Crippen molar-refractivity contribution < 1.29 is 23.7 Å². The predicted octanol–water partition coefficient (Wildman–Crippen LogP) is 4.91. The predicted molar refractivity (Wildman–Crippen MR) is 112 cm³/mol. The Kier molecular flexibility index (Phi) is 4.28. The van der Waals surface area contributed by atoms with E-state index in [2.05, 4.69) is 33.8 Å². The molecule has 0 unspecified atom stereocenters. The van der Waals surface area contributed by atoms with Crippen LogP contribution in [0.4, 0.5) is 0 Å².